The Kier molecular flexibility index (Phi) is 4.78. The Labute approximate surface area is 125 Å². The first-order valence-corrected chi connectivity index (χ1v) is 7.29. The zero-order chi connectivity index (χ0) is 15.4. The van der Waals surface area contributed by atoms with Crippen LogP contribution in [-0.4, -0.2) is 23.2 Å². The fourth-order valence-electron chi connectivity index (χ4n) is 2.43. The van der Waals surface area contributed by atoms with Crippen molar-refractivity contribution in [2.24, 2.45) is 0 Å². The second kappa shape index (κ2) is 6.57. The van der Waals surface area contributed by atoms with E-state index in [1.165, 1.54) is 0 Å². The molecule has 1 aromatic carbocycles. The van der Waals surface area contributed by atoms with Gasteiger partial charge in [0.15, 0.2) is 6.29 Å². The molecule has 0 saturated carbocycles. The van der Waals surface area contributed by atoms with Crippen LogP contribution in [0.15, 0.2) is 18.3 Å². The molecule has 0 spiro atoms. The molecule has 2 aromatic rings. The standard InChI is InChI=1S/C17H22N2O2/c1-5-6-7-19-10-14(11-20)17(18-19)15-8-13(3)16(21-4)9-12(15)2/h8-11H,5-7H2,1-4H3. The van der Waals surface area contributed by atoms with Gasteiger partial charge in [0.25, 0.3) is 0 Å². The molecule has 0 atom stereocenters. The molecule has 0 radical (unpaired) electrons. The van der Waals surface area contributed by atoms with Crippen LogP contribution in [0.2, 0.25) is 0 Å². The lowest BCUT2D eigenvalue weighted by molar-refractivity contribution is 0.112. The van der Waals surface area contributed by atoms with Crippen molar-refractivity contribution >= 4 is 6.29 Å². The summed E-state index contributed by atoms with van der Waals surface area (Å²) < 4.78 is 7.20. The topological polar surface area (TPSA) is 44.1 Å². The number of methoxy groups -OCH3 is 1. The highest BCUT2D eigenvalue weighted by molar-refractivity contribution is 5.86. The summed E-state index contributed by atoms with van der Waals surface area (Å²) in [6, 6.07) is 4.03. The van der Waals surface area contributed by atoms with Crippen LogP contribution in [0.1, 0.15) is 41.3 Å². The molecule has 0 fully saturated rings. The van der Waals surface area contributed by atoms with Crippen molar-refractivity contribution in [3.05, 3.63) is 35.0 Å². The number of aromatic nitrogens is 2. The second-order valence-corrected chi connectivity index (χ2v) is 5.30. The van der Waals surface area contributed by atoms with E-state index in [0.717, 1.165) is 53.8 Å². The molecule has 0 amide bonds. The highest BCUT2D eigenvalue weighted by Gasteiger charge is 2.14. The minimum absolute atomic E-state index is 0.638. The third-order valence-corrected chi connectivity index (χ3v) is 3.65. The van der Waals surface area contributed by atoms with Crippen LogP contribution >= 0.6 is 0 Å². The highest BCUT2D eigenvalue weighted by atomic mass is 16.5. The minimum Gasteiger partial charge on any atom is -0.496 e. The number of benzene rings is 1. The molecule has 0 aliphatic rings. The molecule has 0 bridgehead atoms. The summed E-state index contributed by atoms with van der Waals surface area (Å²) >= 11 is 0. The second-order valence-electron chi connectivity index (χ2n) is 5.30. The molecule has 0 N–H and O–H groups in total. The number of carbonyl (C=O) groups is 1. The SMILES string of the molecule is CCCCn1cc(C=O)c(-c2cc(C)c(OC)cc2C)n1. The molecule has 112 valence electrons. The van der Waals surface area contributed by atoms with Gasteiger partial charge in [-0.15, -0.1) is 0 Å². The largest absolute Gasteiger partial charge is 0.496 e. The summed E-state index contributed by atoms with van der Waals surface area (Å²) in [6.07, 6.45) is 4.87. The van der Waals surface area contributed by atoms with E-state index in [2.05, 4.69) is 12.0 Å². The van der Waals surface area contributed by atoms with Crippen LogP contribution in [0.5, 0.6) is 5.75 Å². The van der Waals surface area contributed by atoms with Crippen LogP contribution in [0.25, 0.3) is 11.3 Å². The average molecular weight is 286 g/mol. The first kappa shape index (κ1) is 15.3. The molecule has 1 heterocycles. The van der Waals surface area contributed by atoms with E-state index in [0.29, 0.717) is 5.56 Å². The van der Waals surface area contributed by atoms with Crippen LogP contribution in [0.4, 0.5) is 0 Å². The molecule has 0 aliphatic heterocycles. The van der Waals surface area contributed by atoms with E-state index in [-0.39, 0.29) is 0 Å². The molecular formula is C17H22N2O2. The van der Waals surface area contributed by atoms with Gasteiger partial charge in [0.1, 0.15) is 11.4 Å². The Hall–Kier alpha value is -2.10. The quantitative estimate of drug-likeness (QED) is 0.759. The van der Waals surface area contributed by atoms with Crippen molar-refractivity contribution in [1.29, 1.82) is 0 Å². The van der Waals surface area contributed by atoms with Crippen LogP contribution < -0.4 is 4.74 Å². The van der Waals surface area contributed by atoms with Crippen molar-refractivity contribution < 1.29 is 9.53 Å². The Morgan fingerprint density at radius 1 is 1.29 bits per heavy atom. The molecule has 0 saturated heterocycles. The van der Waals surface area contributed by atoms with Crippen molar-refractivity contribution in [1.82, 2.24) is 9.78 Å². The van der Waals surface area contributed by atoms with Crippen LogP contribution in [0, 0.1) is 13.8 Å². The summed E-state index contributed by atoms with van der Waals surface area (Å²) in [6.45, 7) is 6.99. The van der Waals surface area contributed by atoms with Crippen molar-refractivity contribution in [2.45, 2.75) is 40.2 Å². The Morgan fingerprint density at radius 3 is 2.67 bits per heavy atom. The van der Waals surface area contributed by atoms with Crippen molar-refractivity contribution in [3.63, 3.8) is 0 Å². The van der Waals surface area contributed by atoms with Gasteiger partial charge in [-0.2, -0.15) is 5.10 Å². The maximum absolute atomic E-state index is 11.3. The Balaban J connectivity index is 2.48. The maximum atomic E-state index is 11.3. The zero-order valence-corrected chi connectivity index (χ0v) is 13.1. The fourth-order valence-corrected chi connectivity index (χ4v) is 2.43. The molecule has 0 unspecified atom stereocenters. The minimum atomic E-state index is 0.638. The lowest BCUT2D eigenvalue weighted by Crippen LogP contribution is -1.98. The van der Waals surface area contributed by atoms with E-state index in [1.807, 2.05) is 36.9 Å². The van der Waals surface area contributed by atoms with E-state index < -0.39 is 0 Å². The van der Waals surface area contributed by atoms with E-state index >= 15 is 0 Å². The third-order valence-electron chi connectivity index (χ3n) is 3.65. The Morgan fingerprint density at radius 2 is 2.05 bits per heavy atom. The number of unbranched alkanes of at least 4 members (excludes halogenated alkanes) is 1. The average Bonchev–Trinajstić information content (AvgIpc) is 2.90. The summed E-state index contributed by atoms with van der Waals surface area (Å²) in [4.78, 5) is 11.3. The molecule has 4 heteroatoms. The number of ether oxygens (including phenoxy) is 1. The maximum Gasteiger partial charge on any atom is 0.153 e. The molecule has 0 aliphatic carbocycles. The van der Waals surface area contributed by atoms with Gasteiger partial charge in [-0.25, -0.2) is 0 Å². The third kappa shape index (κ3) is 3.15. The first-order valence-electron chi connectivity index (χ1n) is 7.29. The van der Waals surface area contributed by atoms with Gasteiger partial charge in [-0.05, 0) is 43.5 Å². The number of rotatable bonds is 6. The molecule has 21 heavy (non-hydrogen) atoms. The summed E-state index contributed by atoms with van der Waals surface area (Å²) in [7, 11) is 1.66. The van der Waals surface area contributed by atoms with Gasteiger partial charge in [0.05, 0.1) is 12.7 Å². The van der Waals surface area contributed by atoms with Crippen LogP contribution in [-0.2, 0) is 6.54 Å². The van der Waals surface area contributed by atoms with Gasteiger partial charge in [-0.1, -0.05) is 13.3 Å². The number of hydrogen-bond acceptors (Lipinski definition) is 3. The normalized spacial score (nSPS) is 10.7. The summed E-state index contributed by atoms with van der Waals surface area (Å²) in [5.41, 5.74) is 4.48. The lowest BCUT2D eigenvalue weighted by Gasteiger charge is -2.10. The van der Waals surface area contributed by atoms with Gasteiger partial charge in [-0.3, -0.25) is 9.48 Å². The number of carbonyl (C=O) groups excluding carboxylic acids is 1. The number of aldehydes is 1. The fraction of sp³-hybridized carbons (Fsp3) is 0.412. The van der Waals surface area contributed by atoms with Crippen molar-refractivity contribution in [3.8, 4) is 17.0 Å². The number of aryl methyl sites for hydroxylation is 3. The smallest absolute Gasteiger partial charge is 0.153 e. The van der Waals surface area contributed by atoms with E-state index in [4.69, 9.17) is 4.74 Å². The van der Waals surface area contributed by atoms with Gasteiger partial charge >= 0.3 is 0 Å². The summed E-state index contributed by atoms with van der Waals surface area (Å²) in [5.74, 6) is 0.856. The van der Waals surface area contributed by atoms with Gasteiger partial charge in [0, 0.05) is 18.3 Å². The molecular weight excluding hydrogens is 264 g/mol. The van der Waals surface area contributed by atoms with Gasteiger partial charge in [0.2, 0.25) is 0 Å². The molecule has 4 nitrogen and oxygen atoms in total. The number of hydrogen-bond donors (Lipinski definition) is 0. The number of nitrogens with zero attached hydrogens (tertiary/aromatic N) is 2. The Bertz CT molecular complexity index is 644. The van der Waals surface area contributed by atoms with E-state index in [1.54, 1.807) is 7.11 Å². The predicted molar refractivity (Wildman–Crippen MR) is 84.0 cm³/mol. The van der Waals surface area contributed by atoms with Gasteiger partial charge < -0.3 is 4.74 Å². The highest BCUT2D eigenvalue weighted by Crippen LogP contribution is 2.30. The predicted octanol–water partition coefficient (Wildman–Crippen LogP) is 3.79. The monoisotopic (exact) mass is 286 g/mol. The summed E-state index contributed by atoms with van der Waals surface area (Å²) in [5, 5.41) is 4.59. The van der Waals surface area contributed by atoms with E-state index in [9.17, 15) is 4.79 Å². The molecule has 2 rings (SSSR count). The lowest BCUT2D eigenvalue weighted by atomic mass is 10.00. The molecule has 1 aromatic heterocycles. The zero-order valence-electron chi connectivity index (χ0n) is 13.1. The van der Waals surface area contributed by atoms with Crippen molar-refractivity contribution in [2.75, 3.05) is 7.11 Å². The van der Waals surface area contributed by atoms with Crippen LogP contribution in [0.3, 0.4) is 0 Å². The first-order chi connectivity index (χ1) is 10.1.